The number of allylic oxidation sites excluding steroid dienone is 2. The second-order valence-corrected chi connectivity index (χ2v) is 10.5. The zero-order chi connectivity index (χ0) is 28.0. The SMILES string of the molecule is CCCCCCCC[C@@H](OC(=O)[C@](OC)(c1ccccc1)C(F)(F)F)C1=C[C@@]2(CC=C(C)C)C(=O)O[C@H]2C1. The molecule has 0 bridgehead atoms. The molecule has 1 fully saturated rings. The molecule has 210 valence electrons. The monoisotopic (exact) mass is 536 g/mol. The lowest BCUT2D eigenvalue weighted by molar-refractivity contribution is -0.277. The maximum atomic E-state index is 14.5. The largest absolute Gasteiger partial charge is 0.460 e. The lowest BCUT2D eigenvalue weighted by Gasteiger charge is -2.41. The molecule has 1 aliphatic carbocycles. The number of unbranched alkanes of at least 4 members (excludes halogenated alkanes) is 5. The third-order valence-corrected chi connectivity index (χ3v) is 7.57. The summed E-state index contributed by atoms with van der Waals surface area (Å²) < 4.78 is 59.5. The van der Waals surface area contributed by atoms with Crippen molar-refractivity contribution in [2.75, 3.05) is 7.11 Å². The molecule has 1 aliphatic heterocycles. The first kappa shape index (κ1) is 29.9. The van der Waals surface area contributed by atoms with Crippen molar-refractivity contribution in [2.45, 2.75) is 103 Å². The summed E-state index contributed by atoms with van der Waals surface area (Å²) in [7, 11) is 0.862. The quantitative estimate of drug-likeness (QED) is 0.141. The first-order chi connectivity index (χ1) is 18.0. The van der Waals surface area contributed by atoms with Gasteiger partial charge in [0.1, 0.15) is 17.6 Å². The normalized spacial score (nSPS) is 22.9. The first-order valence-electron chi connectivity index (χ1n) is 13.5. The fourth-order valence-corrected chi connectivity index (χ4v) is 5.30. The van der Waals surface area contributed by atoms with E-state index < -0.39 is 35.4 Å². The highest BCUT2D eigenvalue weighted by molar-refractivity contribution is 5.87. The standard InChI is InChI=1S/C30H39F3O5/c1-5-6-7-8-9-13-16-24(22-19-25-28(20-22,26(34)38-25)18-17-21(2)3)37-27(35)29(36-4,30(31,32)33)23-14-11-10-12-15-23/h10-12,14-15,17,20,24-25H,5-9,13,16,18-19H2,1-4H3/t24-,25+,28-,29-/m1/s1. The Morgan fingerprint density at radius 3 is 2.37 bits per heavy atom. The van der Waals surface area contributed by atoms with Gasteiger partial charge < -0.3 is 14.2 Å². The summed E-state index contributed by atoms with van der Waals surface area (Å²) >= 11 is 0. The molecule has 1 aromatic rings. The van der Waals surface area contributed by atoms with Crippen LogP contribution >= 0.6 is 0 Å². The van der Waals surface area contributed by atoms with Crippen LogP contribution in [0.1, 0.15) is 84.1 Å². The minimum atomic E-state index is -5.06. The van der Waals surface area contributed by atoms with Crippen molar-refractivity contribution in [1.82, 2.24) is 0 Å². The smallest absolute Gasteiger partial charge is 0.432 e. The highest BCUT2D eigenvalue weighted by Gasteiger charge is 2.65. The maximum Gasteiger partial charge on any atom is 0.432 e. The molecule has 0 spiro atoms. The van der Waals surface area contributed by atoms with Crippen molar-refractivity contribution < 1.29 is 37.0 Å². The van der Waals surface area contributed by atoms with Crippen LogP contribution in [0.2, 0.25) is 0 Å². The number of ether oxygens (including phenoxy) is 3. The van der Waals surface area contributed by atoms with Crippen LogP contribution in [0.15, 0.2) is 53.6 Å². The molecule has 0 saturated carbocycles. The number of carbonyl (C=O) groups excluding carboxylic acids is 2. The third-order valence-electron chi connectivity index (χ3n) is 7.57. The minimum absolute atomic E-state index is 0.327. The fourth-order valence-electron chi connectivity index (χ4n) is 5.30. The molecule has 5 nitrogen and oxygen atoms in total. The topological polar surface area (TPSA) is 61.8 Å². The lowest BCUT2D eigenvalue weighted by atomic mass is 9.77. The Balaban J connectivity index is 1.91. The molecule has 2 aliphatic rings. The van der Waals surface area contributed by atoms with E-state index in [1.807, 2.05) is 19.9 Å². The molecule has 0 radical (unpaired) electrons. The van der Waals surface area contributed by atoms with E-state index in [-0.39, 0.29) is 11.5 Å². The van der Waals surface area contributed by atoms with Gasteiger partial charge in [0, 0.05) is 19.1 Å². The van der Waals surface area contributed by atoms with E-state index in [9.17, 15) is 22.8 Å². The second-order valence-electron chi connectivity index (χ2n) is 10.5. The van der Waals surface area contributed by atoms with Crippen LogP contribution in [0, 0.1) is 5.41 Å². The van der Waals surface area contributed by atoms with Crippen LogP contribution in [0.4, 0.5) is 13.2 Å². The molecule has 8 heteroatoms. The summed E-state index contributed by atoms with van der Waals surface area (Å²) in [6.07, 6.45) is 4.33. The van der Waals surface area contributed by atoms with Crippen molar-refractivity contribution in [3.8, 4) is 0 Å². The van der Waals surface area contributed by atoms with Gasteiger partial charge in [0.15, 0.2) is 0 Å². The Bertz CT molecular complexity index is 1030. The average molecular weight is 537 g/mol. The number of methoxy groups -OCH3 is 1. The van der Waals surface area contributed by atoms with Crippen molar-refractivity contribution in [2.24, 2.45) is 5.41 Å². The Kier molecular flexibility index (Phi) is 9.85. The van der Waals surface area contributed by atoms with E-state index in [4.69, 9.17) is 14.2 Å². The zero-order valence-electron chi connectivity index (χ0n) is 22.7. The van der Waals surface area contributed by atoms with Gasteiger partial charge in [-0.15, -0.1) is 0 Å². The molecule has 1 heterocycles. The van der Waals surface area contributed by atoms with Gasteiger partial charge in [0.05, 0.1) is 0 Å². The molecule has 0 aromatic heterocycles. The van der Waals surface area contributed by atoms with Gasteiger partial charge >= 0.3 is 18.1 Å². The van der Waals surface area contributed by atoms with Crippen LogP contribution in [0.5, 0.6) is 0 Å². The number of hydrogen-bond donors (Lipinski definition) is 0. The summed E-state index contributed by atoms with van der Waals surface area (Å²) in [6.45, 7) is 5.99. The van der Waals surface area contributed by atoms with E-state index >= 15 is 0 Å². The molecule has 0 N–H and O–H groups in total. The summed E-state index contributed by atoms with van der Waals surface area (Å²) in [5, 5.41) is 0. The van der Waals surface area contributed by atoms with Crippen LogP contribution in [0.3, 0.4) is 0 Å². The molecule has 4 atom stereocenters. The molecule has 0 amide bonds. The Labute approximate surface area is 223 Å². The van der Waals surface area contributed by atoms with Gasteiger partial charge in [0.25, 0.3) is 5.60 Å². The summed E-state index contributed by atoms with van der Waals surface area (Å²) in [5.74, 6) is -1.87. The van der Waals surface area contributed by atoms with Crippen LogP contribution in [-0.4, -0.2) is 37.4 Å². The highest BCUT2D eigenvalue weighted by Crippen LogP contribution is 2.52. The zero-order valence-corrected chi connectivity index (χ0v) is 22.7. The third kappa shape index (κ3) is 6.00. The highest BCUT2D eigenvalue weighted by atomic mass is 19.4. The summed E-state index contributed by atoms with van der Waals surface area (Å²) in [5.41, 5.74) is -2.80. The summed E-state index contributed by atoms with van der Waals surface area (Å²) in [4.78, 5) is 26.0. The number of benzene rings is 1. The molecule has 0 unspecified atom stereocenters. The molecular formula is C30H39F3O5. The molecule has 38 heavy (non-hydrogen) atoms. The predicted molar refractivity (Wildman–Crippen MR) is 138 cm³/mol. The average Bonchev–Trinajstić information content (AvgIpc) is 3.17. The molecule has 1 aromatic carbocycles. The van der Waals surface area contributed by atoms with Crippen molar-refractivity contribution in [1.29, 1.82) is 0 Å². The number of rotatable bonds is 14. The van der Waals surface area contributed by atoms with Gasteiger partial charge in [-0.2, -0.15) is 13.2 Å². The predicted octanol–water partition coefficient (Wildman–Crippen LogP) is 7.35. The number of carbonyl (C=O) groups is 2. The van der Waals surface area contributed by atoms with Crippen molar-refractivity contribution in [3.63, 3.8) is 0 Å². The van der Waals surface area contributed by atoms with Gasteiger partial charge in [-0.05, 0) is 38.7 Å². The van der Waals surface area contributed by atoms with Crippen LogP contribution in [-0.2, 0) is 29.4 Å². The van der Waals surface area contributed by atoms with Crippen LogP contribution in [0.25, 0.3) is 0 Å². The number of esters is 2. The maximum absolute atomic E-state index is 14.5. The van der Waals surface area contributed by atoms with E-state index in [0.29, 0.717) is 31.3 Å². The van der Waals surface area contributed by atoms with E-state index in [2.05, 4.69) is 6.92 Å². The van der Waals surface area contributed by atoms with Crippen molar-refractivity contribution >= 4 is 11.9 Å². The minimum Gasteiger partial charge on any atom is -0.460 e. The number of fused-ring (bicyclic) bond motifs is 1. The molecule has 1 saturated heterocycles. The second kappa shape index (κ2) is 12.5. The van der Waals surface area contributed by atoms with E-state index in [0.717, 1.165) is 44.8 Å². The summed E-state index contributed by atoms with van der Waals surface area (Å²) in [6, 6.07) is 6.81. The van der Waals surface area contributed by atoms with Crippen molar-refractivity contribution in [3.05, 3.63) is 59.2 Å². The Hall–Kier alpha value is -2.61. The number of hydrogen-bond acceptors (Lipinski definition) is 5. The molecular weight excluding hydrogens is 497 g/mol. The number of alkyl halides is 3. The van der Waals surface area contributed by atoms with E-state index in [1.54, 1.807) is 12.1 Å². The van der Waals surface area contributed by atoms with Gasteiger partial charge in [-0.25, -0.2) is 4.79 Å². The Morgan fingerprint density at radius 1 is 1.13 bits per heavy atom. The van der Waals surface area contributed by atoms with Gasteiger partial charge in [-0.3, -0.25) is 4.79 Å². The van der Waals surface area contributed by atoms with Gasteiger partial charge in [-0.1, -0.05) is 87.1 Å². The van der Waals surface area contributed by atoms with E-state index in [1.165, 1.54) is 24.3 Å². The molecule has 3 rings (SSSR count). The van der Waals surface area contributed by atoms with Crippen LogP contribution < -0.4 is 0 Å². The fraction of sp³-hybridized carbons (Fsp3) is 0.600. The number of halogens is 3. The Morgan fingerprint density at radius 2 is 1.79 bits per heavy atom. The first-order valence-corrected chi connectivity index (χ1v) is 13.5. The van der Waals surface area contributed by atoms with Gasteiger partial charge in [0.2, 0.25) is 0 Å². The lowest BCUT2D eigenvalue weighted by Crippen LogP contribution is -2.52.